The maximum Gasteiger partial charge on any atom is 0.185 e. The molecule has 0 saturated heterocycles. The third-order valence-electron chi connectivity index (χ3n) is 2.17. The van der Waals surface area contributed by atoms with E-state index in [1.165, 1.54) is 12.5 Å². The van der Waals surface area contributed by atoms with Crippen molar-refractivity contribution in [3.8, 4) is 5.75 Å². The van der Waals surface area contributed by atoms with Gasteiger partial charge in [0, 0.05) is 12.6 Å². The topological polar surface area (TPSA) is 63.1 Å². The summed E-state index contributed by atoms with van der Waals surface area (Å²) in [7, 11) is 0. The van der Waals surface area contributed by atoms with Crippen molar-refractivity contribution in [3.63, 3.8) is 0 Å². The number of hydrogen-bond donors (Lipinski definition) is 1. The highest BCUT2D eigenvalue weighted by Crippen LogP contribution is 2.11. The van der Waals surface area contributed by atoms with Gasteiger partial charge in [-0.25, -0.2) is 9.97 Å². The summed E-state index contributed by atoms with van der Waals surface area (Å²) < 4.78 is 0. The third-order valence-corrected chi connectivity index (χ3v) is 2.17. The fourth-order valence-electron chi connectivity index (χ4n) is 1.35. The Bertz CT molecular complexity index is 480. The van der Waals surface area contributed by atoms with E-state index in [2.05, 4.69) is 9.97 Å². The number of rotatable bonds is 3. The van der Waals surface area contributed by atoms with Crippen LogP contribution < -0.4 is 0 Å². The number of aromatic hydroxyl groups is 1. The number of phenols is 1. The SMILES string of the molecule is O=C(Cc1ccc(O)cc1)c1ccncn1. The predicted molar refractivity (Wildman–Crippen MR) is 58.2 cm³/mol. The van der Waals surface area contributed by atoms with Gasteiger partial charge in [0.15, 0.2) is 5.78 Å². The van der Waals surface area contributed by atoms with E-state index < -0.39 is 0 Å². The first-order chi connectivity index (χ1) is 7.75. The molecule has 0 atom stereocenters. The second-order valence-corrected chi connectivity index (χ2v) is 3.36. The van der Waals surface area contributed by atoms with E-state index in [0.29, 0.717) is 5.69 Å². The lowest BCUT2D eigenvalue weighted by Gasteiger charge is -2.00. The Labute approximate surface area is 92.6 Å². The number of carbonyl (C=O) groups excluding carboxylic acids is 1. The fraction of sp³-hybridized carbons (Fsp3) is 0.0833. The summed E-state index contributed by atoms with van der Waals surface area (Å²) in [6.45, 7) is 0. The number of ketones is 1. The molecule has 80 valence electrons. The summed E-state index contributed by atoms with van der Waals surface area (Å²) in [5, 5.41) is 9.10. The van der Waals surface area contributed by atoms with Gasteiger partial charge in [-0.3, -0.25) is 4.79 Å². The minimum atomic E-state index is -0.0620. The number of Topliss-reactive ketones (excluding diaryl/α,β-unsaturated/α-hetero) is 1. The molecular formula is C12H10N2O2. The van der Waals surface area contributed by atoms with Gasteiger partial charge < -0.3 is 5.11 Å². The molecule has 2 rings (SSSR count). The van der Waals surface area contributed by atoms with Crippen molar-refractivity contribution in [3.05, 3.63) is 54.1 Å². The van der Waals surface area contributed by atoms with Crippen LogP contribution in [0.5, 0.6) is 5.75 Å². The van der Waals surface area contributed by atoms with Gasteiger partial charge in [0.1, 0.15) is 17.8 Å². The number of benzene rings is 1. The highest BCUT2D eigenvalue weighted by molar-refractivity contribution is 5.95. The summed E-state index contributed by atoms with van der Waals surface area (Å²) in [5.41, 5.74) is 1.25. The van der Waals surface area contributed by atoms with Crippen molar-refractivity contribution in [2.75, 3.05) is 0 Å². The first-order valence-corrected chi connectivity index (χ1v) is 4.83. The standard InChI is InChI=1S/C12H10N2O2/c15-10-3-1-9(2-4-10)7-12(16)11-5-6-13-8-14-11/h1-6,8,15H,7H2. The van der Waals surface area contributed by atoms with Crippen molar-refractivity contribution in [1.82, 2.24) is 9.97 Å². The molecule has 0 amide bonds. The molecule has 1 heterocycles. The van der Waals surface area contributed by atoms with Crippen LogP contribution in [0, 0.1) is 0 Å². The van der Waals surface area contributed by atoms with Crippen LogP contribution in [0.2, 0.25) is 0 Å². The Balaban J connectivity index is 2.11. The molecule has 0 aliphatic heterocycles. The lowest BCUT2D eigenvalue weighted by molar-refractivity contribution is 0.0988. The molecule has 0 fully saturated rings. The van der Waals surface area contributed by atoms with E-state index >= 15 is 0 Å². The number of carbonyl (C=O) groups is 1. The lowest BCUT2D eigenvalue weighted by atomic mass is 10.1. The van der Waals surface area contributed by atoms with E-state index in [4.69, 9.17) is 5.11 Å². The summed E-state index contributed by atoms with van der Waals surface area (Å²) >= 11 is 0. The van der Waals surface area contributed by atoms with Gasteiger partial charge in [0.25, 0.3) is 0 Å². The second kappa shape index (κ2) is 4.53. The van der Waals surface area contributed by atoms with Gasteiger partial charge in [0.2, 0.25) is 0 Å². The number of hydrogen-bond acceptors (Lipinski definition) is 4. The zero-order valence-corrected chi connectivity index (χ0v) is 8.50. The minimum absolute atomic E-state index is 0.0620. The monoisotopic (exact) mass is 214 g/mol. The Hall–Kier alpha value is -2.23. The number of aromatic nitrogens is 2. The fourth-order valence-corrected chi connectivity index (χ4v) is 1.35. The first-order valence-electron chi connectivity index (χ1n) is 4.83. The van der Waals surface area contributed by atoms with Crippen LogP contribution in [0.4, 0.5) is 0 Å². The van der Waals surface area contributed by atoms with E-state index in [9.17, 15) is 4.79 Å². The van der Waals surface area contributed by atoms with Gasteiger partial charge in [-0.2, -0.15) is 0 Å². The zero-order chi connectivity index (χ0) is 11.4. The zero-order valence-electron chi connectivity index (χ0n) is 8.50. The largest absolute Gasteiger partial charge is 0.508 e. The van der Waals surface area contributed by atoms with Gasteiger partial charge >= 0.3 is 0 Å². The average molecular weight is 214 g/mol. The molecule has 2 aromatic rings. The Morgan fingerprint density at radius 2 is 1.94 bits per heavy atom. The minimum Gasteiger partial charge on any atom is -0.508 e. The summed E-state index contributed by atoms with van der Waals surface area (Å²) in [4.78, 5) is 19.4. The number of phenolic OH excluding ortho intramolecular Hbond substituents is 1. The maximum atomic E-state index is 11.7. The predicted octanol–water partition coefficient (Wildman–Crippen LogP) is 1.61. The smallest absolute Gasteiger partial charge is 0.185 e. The van der Waals surface area contributed by atoms with Gasteiger partial charge in [0.05, 0.1) is 0 Å². The summed E-state index contributed by atoms with van der Waals surface area (Å²) in [5.74, 6) is 0.131. The second-order valence-electron chi connectivity index (χ2n) is 3.36. The Morgan fingerprint density at radius 3 is 2.56 bits per heavy atom. The van der Waals surface area contributed by atoms with E-state index in [1.54, 1.807) is 30.3 Å². The van der Waals surface area contributed by atoms with E-state index in [0.717, 1.165) is 5.56 Å². The molecule has 0 radical (unpaired) electrons. The highest BCUT2D eigenvalue weighted by atomic mass is 16.3. The van der Waals surface area contributed by atoms with Crippen LogP contribution in [0.1, 0.15) is 16.1 Å². The molecule has 1 aromatic carbocycles. The Kier molecular flexibility index (Phi) is 2.91. The van der Waals surface area contributed by atoms with Crippen molar-refractivity contribution >= 4 is 5.78 Å². The van der Waals surface area contributed by atoms with Crippen LogP contribution in [0.25, 0.3) is 0 Å². The van der Waals surface area contributed by atoms with E-state index in [1.807, 2.05) is 0 Å². The molecule has 0 aliphatic carbocycles. The van der Waals surface area contributed by atoms with Crippen molar-refractivity contribution in [1.29, 1.82) is 0 Å². The molecule has 0 spiro atoms. The Morgan fingerprint density at radius 1 is 1.19 bits per heavy atom. The molecule has 1 N–H and O–H groups in total. The van der Waals surface area contributed by atoms with Gasteiger partial charge in [-0.15, -0.1) is 0 Å². The average Bonchev–Trinajstić information content (AvgIpc) is 2.33. The summed E-state index contributed by atoms with van der Waals surface area (Å²) in [6.07, 6.45) is 3.17. The van der Waals surface area contributed by atoms with Crippen molar-refractivity contribution < 1.29 is 9.90 Å². The van der Waals surface area contributed by atoms with Crippen molar-refractivity contribution in [2.24, 2.45) is 0 Å². The molecular weight excluding hydrogens is 204 g/mol. The van der Waals surface area contributed by atoms with Gasteiger partial charge in [-0.05, 0) is 23.8 Å². The quantitative estimate of drug-likeness (QED) is 0.788. The number of nitrogens with zero attached hydrogens (tertiary/aromatic N) is 2. The molecule has 0 aliphatic rings. The van der Waals surface area contributed by atoms with Crippen LogP contribution in [-0.4, -0.2) is 20.9 Å². The molecule has 4 nitrogen and oxygen atoms in total. The van der Waals surface area contributed by atoms with Crippen LogP contribution in [0.3, 0.4) is 0 Å². The van der Waals surface area contributed by atoms with Crippen LogP contribution >= 0.6 is 0 Å². The van der Waals surface area contributed by atoms with Crippen LogP contribution in [-0.2, 0) is 6.42 Å². The lowest BCUT2D eigenvalue weighted by Crippen LogP contribution is -2.05. The molecule has 16 heavy (non-hydrogen) atoms. The molecule has 0 bridgehead atoms. The maximum absolute atomic E-state index is 11.7. The van der Waals surface area contributed by atoms with Crippen LogP contribution in [0.15, 0.2) is 42.9 Å². The molecule has 0 saturated carbocycles. The normalized spacial score (nSPS) is 10.0. The van der Waals surface area contributed by atoms with Crippen molar-refractivity contribution in [2.45, 2.75) is 6.42 Å². The first kappa shape index (κ1) is 10.3. The molecule has 1 aromatic heterocycles. The third kappa shape index (κ3) is 2.42. The van der Waals surface area contributed by atoms with Gasteiger partial charge in [-0.1, -0.05) is 12.1 Å². The summed E-state index contributed by atoms with van der Waals surface area (Å²) in [6, 6.07) is 8.14. The molecule has 0 unspecified atom stereocenters. The highest BCUT2D eigenvalue weighted by Gasteiger charge is 2.07. The van der Waals surface area contributed by atoms with E-state index in [-0.39, 0.29) is 18.0 Å². The molecule has 4 heteroatoms.